The number of azide groups is 1. The highest BCUT2D eigenvalue weighted by Gasteiger charge is 2.60. The van der Waals surface area contributed by atoms with Gasteiger partial charge in [-0.25, -0.2) is 4.79 Å². The van der Waals surface area contributed by atoms with E-state index >= 15 is 0 Å². The summed E-state index contributed by atoms with van der Waals surface area (Å²) in [5, 5.41) is 5.62. The van der Waals surface area contributed by atoms with Gasteiger partial charge in [0.1, 0.15) is 6.29 Å². The van der Waals surface area contributed by atoms with Gasteiger partial charge in [0.15, 0.2) is 5.60 Å². The van der Waals surface area contributed by atoms with Gasteiger partial charge in [0, 0.05) is 23.9 Å². The molecule has 210 valence electrons. The van der Waals surface area contributed by atoms with Crippen LogP contribution in [0.1, 0.15) is 60.8 Å². The van der Waals surface area contributed by atoms with E-state index in [1.54, 1.807) is 4.90 Å². The highest BCUT2D eigenvalue weighted by Crippen LogP contribution is 2.44. The molecule has 0 aromatic heterocycles. The quantitative estimate of drug-likeness (QED) is 0.0779. The number of carbonyl (C=O) groups excluding carboxylic acids is 2. The Bertz CT molecular complexity index is 1110. The van der Waals surface area contributed by atoms with Crippen molar-refractivity contribution in [1.29, 1.82) is 0 Å². The van der Waals surface area contributed by atoms with Gasteiger partial charge in [-0.1, -0.05) is 100 Å². The first-order chi connectivity index (χ1) is 18.6. The van der Waals surface area contributed by atoms with E-state index in [0.29, 0.717) is 32.4 Å². The second-order valence-corrected chi connectivity index (χ2v) is 15.8. The third-order valence-electron chi connectivity index (χ3n) is 7.89. The molecule has 0 spiro atoms. The van der Waals surface area contributed by atoms with Crippen LogP contribution in [0.3, 0.4) is 0 Å². The van der Waals surface area contributed by atoms with Crippen LogP contribution in [0.5, 0.6) is 0 Å². The molecular weight excluding hydrogens is 508 g/mol. The maximum Gasteiger partial charge on any atom is 0.410 e. The van der Waals surface area contributed by atoms with Gasteiger partial charge in [-0.05, 0) is 47.1 Å². The Morgan fingerprint density at radius 2 is 1.69 bits per heavy atom. The molecule has 1 amide bonds. The lowest BCUT2D eigenvalue weighted by Gasteiger charge is -2.49. The van der Waals surface area contributed by atoms with Gasteiger partial charge in [0.2, 0.25) is 0 Å². The van der Waals surface area contributed by atoms with Crippen LogP contribution in [-0.4, -0.2) is 56.4 Å². The summed E-state index contributed by atoms with van der Waals surface area (Å²) in [6.07, 6.45) is 1.87. The zero-order valence-electron chi connectivity index (χ0n) is 24.0. The standard InChI is InChI=1S/C30H42N4O4Si/c1-7-26(30(6)27(23(2)22-35)34(28(36)37-30)21-15-14-20-32-33-31)38-39(29(3,4)5,24-16-10-8-11-17-24)25-18-12-9-13-19-25/h8-13,16-19,22-23,26-27H,7,14-15,20-21H2,1-6H3/t23-,26+,27+,30+/m0/s1. The van der Waals surface area contributed by atoms with E-state index in [2.05, 4.69) is 55.1 Å². The van der Waals surface area contributed by atoms with E-state index in [1.807, 2.05) is 57.2 Å². The minimum Gasteiger partial charge on any atom is -0.438 e. The monoisotopic (exact) mass is 550 g/mol. The molecule has 3 rings (SSSR count). The molecule has 4 atom stereocenters. The largest absolute Gasteiger partial charge is 0.438 e. The Labute approximate surface area is 233 Å². The molecule has 0 unspecified atom stereocenters. The van der Waals surface area contributed by atoms with Crippen LogP contribution in [0.25, 0.3) is 10.4 Å². The predicted octanol–water partition coefficient (Wildman–Crippen LogP) is 5.85. The summed E-state index contributed by atoms with van der Waals surface area (Å²) in [7, 11) is -2.95. The molecule has 9 heteroatoms. The van der Waals surface area contributed by atoms with Crippen LogP contribution in [-0.2, 0) is 14.0 Å². The molecule has 0 radical (unpaired) electrons. The predicted molar refractivity (Wildman–Crippen MR) is 157 cm³/mol. The summed E-state index contributed by atoms with van der Waals surface area (Å²) in [5.41, 5.74) is 7.51. The van der Waals surface area contributed by atoms with Crippen molar-refractivity contribution < 1.29 is 18.8 Å². The van der Waals surface area contributed by atoms with Crippen molar-refractivity contribution in [2.45, 2.75) is 83.6 Å². The van der Waals surface area contributed by atoms with Crippen LogP contribution in [0, 0.1) is 5.92 Å². The average molecular weight is 551 g/mol. The summed E-state index contributed by atoms with van der Waals surface area (Å²) in [4.78, 5) is 30.0. The van der Waals surface area contributed by atoms with Crippen molar-refractivity contribution in [2.24, 2.45) is 11.0 Å². The molecule has 39 heavy (non-hydrogen) atoms. The number of amides is 1. The van der Waals surface area contributed by atoms with Crippen molar-refractivity contribution in [3.05, 3.63) is 71.1 Å². The zero-order chi connectivity index (χ0) is 28.7. The minimum atomic E-state index is -2.95. The van der Waals surface area contributed by atoms with Crippen molar-refractivity contribution >= 4 is 31.1 Å². The number of hydrogen-bond donors (Lipinski definition) is 0. The summed E-state index contributed by atoms with van der Waals surface area (Å²) in [6.45, 7) is 13.2. The fourth-order valence-electron chi connectivity index (χ4n) is 6.12. The van der Waals surface area contributed by atoms with Gasteiger partial charge >= 0.3 is 6.09 Å². The third kappa shape index (κ3) is 6.06. The Hall–Kier alpha value is -3.13. The molecule has 2 aromatic rings. The van der Waals surface area contributed by atoms with Gasteiger partial charge in [-0.2, -0.15) is 0 Å². The van der Waals surface area contributed by atoms with E-state index in [9.17, 15) is 9.59 Å². The number of hydrogen-bond acceptors (Lipinski definition) is 5. The molecule has 1 aliphatic heterocycles. The van der Waals surface area contributed by atoms with Crippen LogP contribution in [0.4, 0.5) is 4.79 Å². The highest BCUT2D eigenvalue weighted by atomic mass is 28.4. The summed E-state index contributed by atoms with van der Waals surface area (Å²) in [5.74, 6) is -0.463. The van der Waals surface area contributed by atoms with Crippen LogP contribution < -0.4 is 10.4 Å². The molecule has 2 aromatic carbocycles. The third-order valence-corrected chi connectivity index (χ3v) is 12.9. The number of unbranched alkanes of at least 4 members (excludes halogenated alkanes) is 1. The van der Waals surface area contributed by atoms with Gasteiger partial charge in [0.25, 0.3) is 8.32 Å². The Kier molecular flexibility index (Phi) is 9.99. The van der Waals surface area contributed by atoms with Crippen molar-refractivity contribution in [3.63, 3.8) is 0 Å². The molecule has 0 N–H and O–H groups in total. The summed E-state index contributed by atoms with van der Waals surface area (Å²) >= 11 is 0. The number of carbonyl (C=O) groups is 2. The molecule has 0 saturated carbocycles. The first-order valence-electron chi connectivity index (χ1n) is 13.8. The fraction of sp³-hybridized carbons (Fsp3) is 0.533. The van der Waals surface area contributed by atoms with Crippen molar-refractivity contribution in [3.8, 4) is 0 Å². The summed E-state index contributed by atoms with van der Waals surface area (Å²) in [6, 6.07) is 20.3. The van der Waals surface area contributed by atoms with Gasteiger partial charge in [-0.3, -0.25) is 0 Å². The van der Waals surface area contributed by atoms with Gasteiger partial charge in [0.05, 0.1) is 12.1 Å². The normalized spacial score (nSPS) is 21.1. The molecule has 1 saturated heterocycles. The van der Waals surface area contributed by atoms with E-state index in [1.165, 1.54) is 0 Å². The molecular formula is C30H42N4O4Si. The van der Waals surface area contributed by atoms with Crippen LogP contribution in [0.15, 0.2) is 65.8 Å². The van der Waals surface area contributed by atoms with E-state index < -0.39 is 38.1 Å². The lowest BCUT2D eigenvalue weighted by atomic mass is 9.82. The van der Waals surface area contributed by atoms with E-state index in [4.69, 9.17) is 14.7 Å². The smallest absolute Gasteiger partial charge is 0.410 e. The fourth-order valence-corrected chi connectivity index (χ4v) is 11.0. The van der Waals surface area contributed by atoms with E-state index in [-0.39, 0.29) is 5.04 Å². The second-order valence-electron chi connectivity index (χ2n) is 11.5. The van der Waals surface area contributed by atoms with Crippen LogP contribution >= 0.6 is 0 Å². The zero-order valence-corrected chi connectivity index (χ0v) is 25.0. The lowest BCUT2D eigenvalue weighted by molar-refractivity contribution is -0.116. The Morgan fingerprint density at radius 3 is 2.15 bits per heavy atom. The number of aldehydes is 1. The SMILES string of the molecule is CC[C@@H](O[Si](c1ccccc1)(c1ccccc1)C(C)(C)C)[C@@]1(C)OC(=O)N(CCCCN=[N+]=[N-])[C@@H]1[C@@H](C)C=O. The topological polar surface area (TPSA) is 105 Å². The van der Waals surface area contributed by atoms with Crippen molar-refractivity contribution in [1.82, 2.24) is 4.90 Å². The maximum absolute atomic E-state index is 13.3. The number of nitrogens with zero attached hydrogens (tertiary/aromatic N) is 4. The number of cyclic esters (lactones) is 1. The Morgan fingerprint density at radius 1 is 1.13 bits per heavy atom. The number of ether oxygens (including phenoxy) is 1. The van der Waals surface area contributed by atoms with Gasteiger partial charge < -0.3 is 18.9 Å². The number of rotatable bonds is 13. The first-order valence-corrected chi connectivity index (χ1v) is 15.7. The lowest BCUT2D eigenvalue weighted by Crippen LogP contribution is -2.70. The highest BCUT2D eigenvalue weighted by molar-refractivity contribution is 6.99. The molecule has 8 nitrogen and oxygen atoms in total. The molecule has 0 bridgehead atoms. The Balaban J connectivity index is 2.10. The first kappa shape index (κ1) is 30.4. The average Bonchev–Trinajstić information content (AvgIpc) is 3.18. The van der Waals surface area contributed by atoms with E-state index in [0.717, 1.165) is 16.7 Å². The summed E-state index contributed by atoms with van der Waals surface area (Å²) < 4.78 is 13.7. The molecule has 1 fully saturated rings. The van der Waals surface area contributed by atoms with Crippen LogP contribution in [0.2, 0.25) is 5.04 Å². The molecule has 0 aliphatic carbocycles. The van der Waals surface area contributed by atoms with Gasteiger partial charge in [-0.15, -0.1) is 0 Å². The molecule has 1 aliphatic rings. The maximum atomic E-state index is 13.3. The second kappa shape index (κ2) is 12.8. The van der Waals surface area contributed by atoms with Crippen molar-refractivity contribution in [2.75, 3.05) is 13.1 Å². The minimum absolute atomic E-state index is 0.255. The molecule has 1 heterocycles. The number of benzene rings is 2.